The normalized spacial score (nSPS) is 11.1. The number of aryl methyl sites for hydroxylation is 1. The number of H-pyrrole nitrogens is 1. The lowest BCUT2D eigenvalue weighted by molar-refractivity contribution is -0.118. The highest BCUT2D eigenvalue weighted by molar-refractivity contribution is 7.14. The molecule has 0 aliphatic carbocycles. The van der Waals surface area contributed by atoms with E-state index in [0.29, 0.717) is 24.3 Å². The zero-order valence-electron chi connectivity index (χ0n) is 18.7. The van der Waals surface area contributed by atoms with E-state index in [9.17, 15) is 19.2 Å². The van der Waals surface area contributed by atoms with E-state index in [4.69, 9.17) is 5.73 Å². The Morgan fingerprint density at radius 3 is 2.52 bits per heavy atom. The molecule has 0 saturated heterocycles. The fourth-order valence-electron chi connectivity index (χ4n) is 3.19. The van der Waals surface area contributed by atoms with E-state index in [-0.39, 0.29) is 48.5 Å². The Bertz CT molecular complexity index is 1030. The average molecular weight is 449 g/mol. The van der Waals surface area contributed by atoms with Crippen LogP contribution in [0.5, 0.6) is 0 Å². The van der Waals surface area contributed by atoms with Gasteiger partial charge in [-0.2, -0.15) is 0 Å². The molecule has 8 nitrogen and oxygen atoms in total. The molecule has 0 atom stereocenters. The molecule has 0 fully saturated rings. The lowest BCUT2D eigenvalue weighted by Crippen LogP contribution is -2.42. The van der Waals surface area contributed by atoms with Crippen LogP contribution in [-0.2, 0) is 11.3 Å². The number of nitrogens with two attached hydrogens (primary N) is 1. The van der Waals surface area contributed by atoms with Gasteiger partial charge < -0.3 is 10.6 Å². The van der Waals surface area contributed by atoms with Gasteiger partial charge in [0.15, 0.2) is 11.5 Å². The molecule has 0 aliphatic heterocycles. The molecule has 0 unspecified atom stereocenters. The van der Waals surface area contributed by atoms with Crippen molar-refractivity contribution in [3.63, 3.8) is 0 Å². The second-order valence-corrected chi connectivity index (χ2v) is 9.35. The Hall–Kier alpha value is -2.68. The molecule has 2 aromatic rings. The van der Waals surface area contributed by atoms with E-state index >= 15 is 0 Å². The number of nitrogens with zero attached hydrogens (tertiary/aromatic N) is 2. The summed E-state index contributed by atoms with van der Waals surface area (Å²) in [6.07, 6.45) is 2.22. The molecule has 0 aromatic carbocycles. The van der Waals surface area contributed by atoms with Crippen molar-refractivity contribution in [1.82, 2.24) is 9.55 Å². The average Bonchev–Trinajstić information content (AvgIpc) is 3.14. The maximum Gasteiger partial charge on any atom is 0.330 e. The van der Waals surface area contributed by atoms with Crippen LogP contribution in [0.1, 0.15) is 67.4 Å². The third kappa shape index (κ3) is 6.40. The van der Waals surface area contributed by atoms with Gasteiger partial charge in [-0.3, -0.25) is 23.9 Å². The summed E-state index contributed by atoms with van der Waals surface area (Å²) in [5, 5.41) is 0. The van der Waals surface area contributed by atoms with Gasteiger partial charge in [-0.15, -0.1) is 11.3 Å². The minimum Gasteiger partial charge on any atom is -0.383 e. The molecular formula is C22H32N4O4S. The van der Waals surface area contributed by atoms with E-state index in [2.05, 4.69) is 4.98 Å². The van der Waals surface area contributed by atoms with Crippen molar-refractivity contribution in [2.45, 2.75) is 66.3 Å². The predicted molar refractivity (Wildman–Crippen MR) is 125 cm³/mol. The molecule has 1 amide bonds. The number of hydrogen-bond acceptors (Lipinski definition) is 6. The molecule has 2 rings (SSSR count). The maximum atomic E-state index is 13.1. The summed E-state index contributed by atoms with van der Waals surface area (Å²) in [5.74, 6) is -0.193. The first-order valence-corrected chi connectivity index (χ1v) is 11.5. The van der Waals surface area contributed by atoms with Crippen LogP contribution in [0.15, 0.2) is 21.7 Å². The Kier molecular flexibility index (Phi) is 8.79. The van der Waals surface area contributed by atoms with Gasteiger partial charge in [0.25, 0.3) is 5.56 Å². The number of nitrogen functional groups attached to an aromatic ring is 1. The van der Waals surface area contributed by atoms with E-state index < -0.39 is 11.2 Å². The molecule has 2 heterocycles. The summed E-state index contributed by atoms with van der Waals surface area (Å²) in [5.41, 5.74) is 4.92. The minimum absolute atomic E-state index is 0.0132. The van der Waals surface area contributed by atoms with Crippen LogP contribution >= 0.6 is 11.3 Å². The number of carbonyl (C=O) groups excluding carboxylic acids is 2. The summed E-state index contributed by atoms with van der Waals surface area (Å²) >= 11 is 1.39. The molecule has 9 heteroatoms. The second-order valence-electron chi connectivity index (χ2n) is 8.06. The van der Waals surface area contributed by atoms with E-state index in [1.807, 2.05) is 33.8 Å². The lowest BCUT2D eigenvalue weighted by Gasteiger charge is -2.25. The Morgan fingerprint density at radius 1 is 1.23 bits per heavy atom. The van der Waals surface area contributed by atoms with Crippen molar-refractivity contribution in [3.05, 3.63) is 42.7 Å². The molecular weight excluding hydrogens is 416 g/mol. The maximum absolute atomic E-state index is 13.1. The third-order valence-electron chi connectivity index (χ3n) is 5.03. The number of amides is 1. The summed E-state index contributed by atoms with van der Waals surface area (Å²) in [7, 11) is 0. The number of anilines is 2. The second kappa shape index (κ2) is 11.1. The highest BCUT2D eigenvalue weighted by Crippen LogP contribution is 2.22. The monoisotopic (exact) mass is 448 g/mol. The first-order chi connectivity index (χ1) is 14.6. The SMILES string of the molecule is CCCCn1c(N)c(N(CCC(C)C)C(=O)CCC(=O)c2ccc(C)s2)c(=O)[nH]c1=O. The van der Waals surface area contributed by atoms with Gasteiger partial charge in [-0.1, -0.05) is 27.2 Å². The van der Waals surface area contributed by atoms with Crippen molar-refractivity contribution in [2.75, 3.05) is 17.2 Å². The molecule has 0 spiro atoms. The largest absolute Gasteiger partial charge is 0.383 e. The number of rotatable bonds is 11. The van der Waals surface area contributed by atoms with Crippen molar-refractivity contribution in [1.29, 1.82) is 0 Å². The lowest BCUT2D eigenvalue weighted by atomic mass is 10.1. The van der Waals surface area contributed by atoms with Crippen LogP contribution in [0.3, 0.4) is 0 Å². The topological polar surface area (TPSA) is 118 Å². The smallest absolute Gasteiger partial charge is 0.330 e. The quantitative estimate of drug-likeness (QED) is 0.511. The Balaban J connectivity index is 2.32. The summed E-state index contributed by atoms with van der Waals surface area (Å²) in [6.45, 7) is 8.57. The fourth-order valence-corrected chi connectivity index (χ4v) is 4.02. The molecule has 0 saturated carbocycles. The number of ketones is 1. The van der Waals surface area contributed by atoms with Crippen molar-refractivity contribution < 1.29 is 9.59 Å². The van der Waals surface area contributed by atoms with Gasteiger partial charge in [0.05, 0.1) is 4.88 Å². The van der Waals surface area contributed by atoms with Gasteiger partial charge in [-0.25, -0.2) is 4.79 Å². The Morgan fingerprint density at radius 2 is 1.94 bits per heavy atom. The first-order valence-electron chi connectivity index (χ1n) is 10.7. The highest BCUT2D eigenvalue weighted by atomic mass is 32.1. The number of unbranched alkanes of at least 4 members (excludes halogenated alkanes) is 1. The number of carbonyl (C=O) groups is 2. The zero-order chi connectivity index (χ0) is 23.1. The van der Waals surface area contributed by atoms with Gasteiger partial charge in [-0.05, 0) is 37.8 Å². The molecule has 0 bridgehead atoms. The van der Waals surface area contributed by atoms with E-state index in [0.717, 1.165) is 11.3 Å². The number of nitrogens with one attached hydrogen (secondary N) is 1. The molecule has 0 aliphatic rings. The number of Topliss-reactive ketones (excluding diaryl/α,β-unsaturated/α-hetero) is 1. The van der Waals surface area contributed by atoms with E-state index in [1.165, 1.54) is 20.8 Å². The standard InChI is InChI=1S/C22H32N4O4S/c1-5-6-12-26-20(23)19(21(29)24-22(26)30)25(13-11-14(2)3)18(28)10-8-16(27)17-9-7-15(4)31-17/h7,9,14H,5-6,8,10-13,23H2,1-4H3,(H,24,29,30). The summed E-state index contributed by atoms with van der Waals surface area (Å²) in [4.78, 5) is 55.7. The van der Waals surface area contributed by atoms with E-state index in [1.54, 1.807) is 6.07 Å². The van der Waals surface area contributed by atoms with Gasteiger partial charge >= 0.3 is 5.69 Å². The number of aromatic nitrogens is 2. The van der Waals surface area contributed by atoms with Crippen molar-refractivity contribution >= 4 is 34.5 Å². The molecule has 2 aromatic heterocycles. The molecule has 3 N–H and O–H groups in total. The molecule has 31 heavy (non-hydrogen) atoms. The molecule has 170 valence electrons. The van der Waals surface area contributed by atoms with Gasteiger partial charge in [0, 0.05) is 30.8 Å². The van der Waals surface area contributed by atoms with Crippen LogP contribution in [0.4, 0.5) is 11.5 Å². The van der Waals surface area contributed by atoms with Crippen LogP contribution in [0.2, 0.25) is 0 Å². The summed E-state index contributed by atoms with van der Waals surface area (Å²) < 4.78 is 1.30. The number of hydrogen-bond donors (Lipinski definition) is 2. The highest BCUT2D eigenvalue weighted by Gasteiger charge is 2.25. The van der Waals surface area contributed by atoms with Crippen LogP contribution in [-0.4, -0.2) is 27.8 Å². The predicted octanol–water partition coefficient (Wildman–Crippen LogP) is 3.33. The van der Waals surface area contributed by atoms with Gasteiger partial charge in [0.2, 0.25) is 5.91 Å². The van der Waals surface area contributed by atoms with Crippen LogP contribution < -0.4 is 21.9 Å². The van der Waals surface area contributed by atoms with Crippen molar-refractivity contribution in [3.8, 4) is 0 Å². The minimum atomic E-state index is -0.687. The zero-order valence-corrected chi connectivity index (χ0v) is 19.5. The van der Waals surface area contributed by atoms with Crippen molar-refractivity contribution in [2.24, 2.45) is 5.92 Å². The van der Waals surface area contributed by atoms with Crippen LogP contribution in [0.25, 0.3) is 0 Å². The van der Waals surface area contributed by atoms with Gasteiger partial charge in [0.1, 0.15) is 5.82 Å². The first kappa shape index (κ1) is 24.6. The fraction of sp³-hybridized carbons (Fsp3) is 0.545. The van der Waals surface area contributed by atoms with Crippen LogP contribution in [0, 0.1) is 12.8 Å². The number of aromatic amines is 1. The summed E-state index contributed by atoms with van der Waals surface area (Å²) in [6, 6.07) is 3.63. The third-order valence-corrected chi connectivity index (χ3v) is 6.07. The molecule has 0 radical (unpaired) electrons. The Labute approximate surface area is 186 Å². The number of thiophene rings is 1.